The number of aromatic nitrogens is 2. The maximum atomic E-state index is 12.9. The Kier molecular flexibility index (Phi) is 3.96. The van der Waals surface area contributed by atoms with Crippen LogP contribution in [0.1, 0.15) is 11.4 Å². The minimum absolute atomic E-state index is 0.107. The second-order valence-electron chi connectivity index (χ2n) is 4.10. The number of halogens is 7. The van der Waals surface area contributed by atoms with Gasteiger partial charge in [0.1, 0.15) is 6.73 Å². The van der Waals surface area contributed by atoms with Gasteiger partial charge in [0.25, 0.3) is 0 Å². The second kappa shape index (κ2) is 5.16. The monoisotopic (exact) mass is 376 g/mol. The first kappa shape index (κ1) is 16.1. The van der Waals surface area contributed by atoms with E-state index in [1.165, 1.54) is 7.11 Å². The van der Waals surface area contributed by atoms with Gasteiger partial charge in [-0.15, -0.1) is 0 Å². The zero-order chi connectivity index (χ0) is 16.0. The number of rotatable bonds is 2. The van der Waals surface area contributed by atoms with Gasteiger partial charge in [-0.3, -0.25) is 4.57 Å². The molecule has 3 nitrogen and oxygen atoms in total. The molecule has 10 heteroatoms. The summed E-state index contributed by atoms with van der Waals surface area (Å²) in [7, 11) is 1.17. The fourth-order valence-corrected chi connectivity index (χ4v) is 2.40. The van der Waals surface area contributed by atoms with Crippen molar-refractivity contribution in [1.82, 2.24) is 9.55 Å². The molecule has 1 heterocycles. The zero-order valence-corrected chi connectivity index (χ0v) is 11.9. The van der Waals surface area contributed by atoms with Crippen LogP contribution in [0, 0.1) is 0 Å². The molecule has 2 aromatic rings. The first-order valence-electron chi connectivity index (χ1n) is 5.39. The maximum absolute atomic E-state index is 12.9. The summed E-state index contributed by atoms with van der Waals surface area (Å²) in [4.78, 5) is 3.25. The van der Waals surface area contributed by atoms with Crippen molar-refractivity contribution in [3.05, 3.63) is 28.0 Å². The third kappa shape index (κ3) is 3.00. The number of fused-ring (bicyclic) bond motifs is 1. The van der Waals surface area contributed by atoms with Crippen LogP contribution in [-0.4, -0.2) is 16.7 Å². The molecule has 0 saturated heterocycles. The molecule has 2 rings (SSSR count). The van der Waals surface area contributed by atoms with E-state index in [9.17, 15) is 26.3 Å². The molecule has 0 atom stereocenters. The Balaban J connectivity index is 2.76. The Bertz CT molecular complexity index is 676. The second-order valence-corrected chi connectivity index (χ2v) is 4.95. The molecule has 0 saturated carbocycles. The molecule has 0 bridgehead atoms. The van der Waals surface area contributed by atoms with E-state index in [4.69, 9.17) is 0 Å². The van der Waals surface area contributed by atoms with E-state index in [1.807, 2.05) is 0 Å². The number of nitrogens with zero attached hydrogens (tertiary/aromatic N) is 2. The molecule has 1 aromatic carbocycles. The molecular formula is C11H7BrF6N2O. The minimum atomic E-state index is -4.80. The van der Waals surface area contributed by atoms with Crippen molar-refractivity contribution in [2.75, 3.05) is 7.11 Å². The van der Waals surface area contributed by atoms with Crippen LogP contribution in [0.4, 0.5) is 26.3 Å². The fourth-order valence-electron chi connectivity index (χ4n) is 1.84. The van der Waals surface area contributed by atoms with Crippen LogP contribution in [-0.2, 0) is 23.8 Å². The normalized spacial score (nSPS) is 13.1. The summed E-state index contributed by atoms with van der Waals surface area (Å²) < 4.78 is 81.8. The van der Waals surface area contributed by atoms with Crippen LogP contribution in [0.3, 0.4) is 0 Å². The van der Waals surface area contributed by atoms with Crippen LogP contribution in [0.2, 0.25) is 0 Å². The van der Waals surface area contributed by atoms with Gasteiger partial charge in [-0.2, -0.15) is 26.3 Å². The van der Waals surface area contributed by atoms with E-state index in [-0.39, 0.29) is 9.99 Å². The molecule has 21 heavy (non-hydrogen) atoms. The van der Waals surface area contributed by atoms with Gasteiger partial charge in [0.05, 0.1) is 16.6 Å². The molecule has 0 amide bonds. The third-order valence-electron chi connectivity index (χ3n) is 2.65. The van der Waals surface area contributed by atoms with E-state index in [0.717, 1.165) is 6.07 Å². The van der Waals surface area contributed by atoms with Crippen molar-refractivity contribution in [2.45, 2.75) is 19.1 Å². The van der Waals surface area contributed by atoms with E-state index in [0.29, 0.717) is 10.6 Å². The summed E-state index contributed by atoms with van der Waals surface area (Å²) in [6.45, 7) is -0.483. The highest BCUT2D eigenvalue weighted by atomic mass is 79.9. The molecule has 0 unspecified atom stereocenters. The lowest BCUT2D eigenvalue weighted by Crippen LogP contribution is -2.15. The number of hydrogen-bond acceptors (Lipinski definition) is 2. The predicted molar refractivity (Wildman–Crippen MR) is 64.4 cm³/mol. The van der Waals surface area contributed by atoms with E-state index in [2.05, 4.69) is 25.7 Å². The third-order valence-corrected chi connectivity index (χ3v) is 3.31. The zero-order valence-electron chi connectivity index (χ0n) is 10.3. The summed E-state index contributed by atoms with van der Waals surface area (Å²) in [6.07, 6.45) is -9.50. The summed E-state index contributed by atoms with van der Waals surface area (Å²) in [6, 6.07) is 1.51. The van der Waals surface area contributed by atoms with Crippen LogP contribution < -0.4 is 0 Å². The lowest BCUT2D eigenvalue weighted by Gasteiger charge is -2.11. The van der Waals surface area contributed by atoms with Crippen molar-refractivity contribution >= 4 is 27.0 Å². The number of methoxy groups -OCH3 is 1. The van der Waals surface area contributed by atoms with Gasteiger partial charge in [-0.1, -0.05) is 15.9 Å². The Morgan fingerprint density at radius 2 is 1.76 bits per heavy atom. The topological polar surface area (TPSA) is 27.1 Å². The Hall–Kier alpha value is -1.29. The number of hydrogen-bond donors (Lipinski definition) is 0. The molecular weight excluding hydrogens is 370 g/mol. The summed E-state index contributed by atoms with van der Waals surface area (Å²) >= 11 is 2.72. The van der Waals surface area contributed by atoms with E-state index < -0.39 is 36.0 Å². The highest BCUT2D eigenvalue weighted by Crippen LogP contribution is 2.39. The highest BCUT2D eigenvalue weighted by Gasteiger charge is 2.39. The van der Waals surface area contributed by atoms with Crippen molar-refractivity contribution in [3.63, 3.8) is 0 Å². The first-order valence-corrected chi connectivity index (χ1v) is 6.18. The van der Waals surface area contributed by atoms with Gasteiger partial charge in [-0.25, -0.2) is 4.98 Å². The Morgan fingerprint density at radius 1 is 1.14 bits per heavy atom. The minimum Gasteiger partial charge on any atom is -0.364 e. The molecule has 0 aliphatic carbocycles. The maximum Gasteiger partial charge on any atom is 0.449 e. The van der Waals surface area contributed by atoms with Crippen LogP contribution in [0.15, 0.2) is 16.6 Å². The van der Waals surface area contributed by atoms with Crippen LogP contribution in [0.25, 0.3) is 11.0 Å². The van der Waals surface area contributed by atoms with E-state index >= 15 is 0 Å². The van der Waals surface area contributed by atoms with Gasteiger partial charge in [-0.05, 0) is 12.1 Å². The molecule has 0 aliphatic rings. The van der Waals surface area contributed by atoms with Gasteiger partial charge in [0.2, 0.25) is 5.82 Å². The summed E-state index contributed by atoms with van der Waals surface area (Å²) in [5.74, 6) is -1.31. The molecule has 0 fully saturated rings. The Labute approximate surface area is 122 Å². The van der Waals surface area contributed by atoms with Crippen LogP contribution >= 0.6 is 15.9 Å². The Morgan fingerprint density at radius 3 is 2.24 bits per heavy atom. The summed E-state index contributed by atoms with van der Waals surface area (Å²) in [5.41, 5.74) is -1.61. The van der Waals surface area contributed by atoms with Gasteiger partial charge >= 0.3 is 12.4 Å². The molecule has 0 aliphatic heterocycles. The lowest BCUT2D eigenvalue weighted by atomic mass is 10.2. The lowest BCUT2D eigenvalue weighted by molar-refractivity contribution is -0.148. The van der Waals surface area contributed by atoms with Crippen LogP contribution in [0.5, 0.6) is 0 Å². The predicted octanol–water partition coefficient (Wildman–Crippen LogP) is 4.44. The van der Waals surface area contributed by atoms with Crippen molar-refractivity contribution in [1.29, 1.82) is 0 Å². The highest BCUT2D eigenvalue weighted by molar-refractivity contribution is 9.10. The smallest absolute Gasteiger partial charge is 0.364 e. The SMILES string of the molecule is COCn1c(C(F)(F)F)nc2cc(C(F)(F)F)c(Br)cc21. The van der Waals surface area contributed by atoms with Gasteiger partial charge in [0, 0.05) is 11.6 Å². The fraction of sp³-hybridized carbons (Fsp3) is 0.364. The van der Waals surface area contributed by atoms with Crippen molar-refractivity contribution in [2.24, 2.45) is 0 Å². The largest absolute Gasteiger partial charge is 0.449 e. The number of imidazole rings is 1. The van der Waals surface area contributed by atoms with Crippen molar-refractivity contribution < 1.29 is 31.1 Å². The van der Waals surface area contributed by atoms with Gasteiger partial charge < -0.3 is 4.74 Å². The van der Waals surface area contributed by atoms with E-state index in [1.54, 1.807) is 0 Å². The average Bonchev–Trinajstić information content (AvgIpc) is 2.66. The number of benzene rings is 1. The molecule has 1 aromatic heterocycles. The van der Waals surface area contributed by atoms with Gasteiger partial charge in [0.15, 0.2) is 0 Å². The number of alkyl halides is 6. The quantitative estimate of drug-likeness (QED) is 0.724. The molecule has 0 N–H and O–H groups in total. The molecule has 0 radical (unpaired) electrons. The number of ether oxygens (including phenoxy) is 1. The standard InChI is InChI=1S/C11H7BrF6N2O/c1-21-4-20-8-3-6(12)5(10(13,14)15)2-7(8)19-9(20)11(16,17)18/h2-3H,4H2,1H3. The van der Waals surface area contributed by atoms with Crippen molar-refractivity contribution in [3.8, 4) is 0 Å². The average molecular weight is 377 g/mol. The summed E-state index contributed by atoms with van der Waals surface area (Å²) in [5, 5.41) is 0. The molecule has 116 valence electrons. The first-order chi connectivity index (χ1) is 9.55. The molecule has 0 spiro atoms.